The third-order valence-corrected chi connectivity index (χ3v) is 3.57. The van der Waals surface area contributed by atoms with Crippen molar-refractivity contribution in [2.45, 2.75) is 10.9 Å². The molecule has 98 valence electrons. The van der Waals surface area contributed by atoms with E-state index in [-0.39, 0.29) is 12.3 Å². The number of thioether (sulfide) groups is 1. The van der Waals surface area contributed by atoms with Crippen LogP contribution in [-0.2, 0) is 12.8 Å². The minimum Gasteiger partial charge on any atom is -0.384 e. The van der Waals surface area contributed by atoms with Gasteiger partial charge < -0.3 is 5.11 Å². The maximum Gasteiger partial charge on any atom is 0.343 e. The molecule has 5 nitrogen and oxygen atoms in total. The van der Waals surface area contributed by atoms with E-state index in [0.717, 1.165) is 16.9 Å². The summed E-state index contributed by atoms with van der Waals surface area (Å²) in [7, 11) is 1.68. The summed E-state index contributed by atoms with van der Waals surface area (Å²) in [5.74, 6) is 6.17. The average Bonchev–Trinajstić information content (AvgIpc) is 2.75. The number of nitrogens with one attached hydrogen (secondary N) is 1. The third-order valence-electron chi connectivity index (χ3n) is 2.47. The number of hydrogen-bond donors (Lipinski definition) is 2. The minimum atomic E-state index is -0.211. The molecule has 0 unspecified atom stereocenters. The van der Waals surface area contributed by atoms with Crippen LogP contribution < -0.4 is 5.69 Å². The van der Waals surface area contributed by atoms with E-state index in [1.165, 1.54) is 16.3 Å². The molecule has 0 saturated carbocycles. The molecule has 0 saturated heterocycles. The molecular weight excluding hydrogens is 262 g/mol. The second-order valence-corrected chi connectivity index (χ2v) is 4.76. The van der Waals surface area contributed by atoms with Crippen LogP contribution in [0.15, 0.2) is 34.2 Å². The van der Waals surface area contributed by atoms with Crippen LogP contribution >= 0.6 is 11.8 Å². The molecule has 6 heteroatoms. The monoisotopic (exact) mass is 275 g/mol. The van der Waals surface area contributed by atoms with Crippen molar-refractivity contribution in [1.82, 2.24) is 14.8 Å². The first-order chi connectivity index (χ1) is 9.20. The van der Waals surface area contributed by atoms with Crippen molar-refractivity contribution >= 4 is 11.8 Å². The van der Waals surface area contributed by atoms with E-state index in [2.05, 4.69) is 22.0 Å². The summed E-state index contributed by atoms with van der Waals surface area (Å²) in [4.78, 5) is 11.2. The highest BCUT2D eigenvalue weighted by molar-refractivity contribution is 7.98. The van der Waals surface area contributed by atoms with Crippen molar-refractivity contribution < 1.29 is 5.11 Å². The van der Waals surface area contributed by atoms with Gasteiger partial charge in [-0.2, -0.15) is 0 Å². The molecular formula is C13H13N3O2S. The van der Waals surface area contributed by atoms with Crippen molar-refractivity contribution in [1.29, 1.82) is 0 Å². The second-order valence-electron chi connectivity index (χ2n) is 3.82. The van der Waals surface area contributed by atoms with Gasteiger partial charge in [0.2, 0.25) is 0 Å². The molecule has 0 radical (unpaired) electrons. The number of aromatic nitrogens is 3. The Morgan fingerprint density at radius 3 is 2.74 bits per heavy atom. The Hall–Kier alpha value is -1.97. The van der Waals surface area contributed by atoms with Gasteiger partial charge in [0, 0.05) is 18.4 Å². The first kappa shape index (κ1) is 13.5. The fraction of sp³-hybridized carbons (Fsp3) is 0.231. The van der Waals surface area contributed by atoms with E-state index in [9.17, 15) is 4.79 Å². The summed E-state index contributed by atoms with van der Waals surface area (Å²) in [6.07, 6.45) is 0. The predicted molar refractivity (Wildman–Crippen MR) is 73.8 cm³/mol. The van der Waals surface area contributed by atoms with Gasteiger partial charge in [-0.3, -0.25) is 4.57 Å². The van der Waals surface area contributed by atoms with Gasteiger partial charge in [-0.05, 0) is 17.7 Å². The van der Waals surface area contributed by atoms with Crippen LogP contribution in [0.2, 0.25) is 0 Å². The molecule has 2 N–H and O–H groups in total. The first-order valence-electron chi connectivity index (χ1n) is 5.63. The van der Waals surface area contributed by atoms with Gasteiger partial charge >= 0.3 is 5.69 Å². The largest absolute Gasteiger partial charge is 0.384 e. The van der Waals surface area contributed by atoms with Crippen LogP contribution in [0.4, 0.5) is 0 Å². The number of aliphatic hydroxyl groups excluding tert-OH is 1. The summed E-state index contributed by atoms with van der Waals surface area (Å²) in [5.41, 5.74) is 1.78. The Kier molecular flexibility index (Phi) is 4.44. The Labute approximate surface area is 114 Å². The van der Waals surface area contributed by atoms with Crippen molar-refractivity contribution in [3.63, 3.8) is 0 Å². The van der Waals surface area contributed by atoms with E-state index in [1.807, 2.05) is 24.3 Å². The predicted octanol–water partition coefficient (Wildman–Crippen LogP) is 0.744. The number of nitrogens with zero attached hydrogens (tertiary/aromatic N) is 2. The van der Waals surface area contributed by atoms with Crippen LogP contribution in [-0.4, -0.2) is 26.5 Å². The second kappa shape index (κ2) is 6.27. The van der Waals surface area contributed by atoms with Gasteiger partial charge in [0.1, 0.15) is 6.61 Å². The molecule has 0 fully saturated rings. The van der Waals surface area contributed by atoms with E-state index >= 15 is 0 Å². The molecule has 19 heavy (non-hydrogen) atoms. The Morgan fingerprint density at radius 1 is 1.42 bits per heavy atom. The third kappa shape index (κ3) is 3.50. The van der Waals surface area contributed by atoms with Crippen LogP contribution in [0.25, 0.3) is 0 Å². The van der Waals surface area contributed by atoms with Crippen molar-refractivity contribution in [2.24, 2.45) is 7.05 Å². The number of H-pyrrole nitrogens is 1. The normalized spacial score (nSPS) is 10.0. The quantitative estimate of drug-likeness (QED) is 0.640. The lowest BCUT2D eigenvalue weighted by molar-refractivity contribution is 0.350. The van der Waals surface area contributed by atoms with Crippen LogP contribution in [0.3, 0.4) is 0 Å². The zero-order chi connectivity index (χ0) is 13.7. The molecule has 1 aromatic carbocycles. The van der Waals surface area contributed by atoms with Gasteiger partial charge in [0.05, 0.1) is 0 Å². The molecule has 0 bridgehead atoms. The van der Waals surface area contributed by atoms with Crippen molar-refractivity contribution in [2.75, 3.05) is 6.61 Å². The van der Waals surface area contributed by atoms with E-state index < -0.39 is 0 Å². The van der Waals surface area contributed by atoms with Gasteiger partial charge in [-0.15, -0.1) is 5.10 Å². The SMILES string of the molecule is Cn1c(SCc2ccc(C#CCO)cc2)n[nH]c1=O. The molecule has 2 rings (SSSR count). The standard InChI is InChI=1S/C13H13N3O2S/c1-16-12(18)14-15-13(16)19-9-11-6-4-10(5-7-11)3-2-8-17/h4-7,17H,8-9H2,1H3,(H,14,18). The zero-order valence-electron chi connectivity index (χ0n) is 10.4. The summed E-state index contributed by atoms with van der Waals surface area (Å²) in [5, 5.41) is 15.6. The number of hydrogen-bond acceptors (Lipinski definition) is 4. The zero-order valence-corrected chi connectivity index (χ0v) is 11.2. The van der Waals surface area contributed by atoms with Crippen LogP contribution in [0.1, 0.15) is 11.1 Å². The van der Waals surface area contributed by atoms with Gasteiger partial charge in [-0.25, -0.2) is 9.89 Å². The fourth-order valence-electron chi connectivity index (χ4n) is 1.44. The maximum absolute atomic E-state index is 11.2. The highest BCUT2D eigenvalue weighted by Crippen LogP contribution is 2.19. The molecule has 1 heterocycles. The van der Waals surface area contributed by atoms with Gasteiger partial charge in [0.25, 0.3) is 0 Å². The summed E-state index contributed by atoms with van der Waals surface area (Å²) >= 11 is 1.49. The highest BCUT2D eigenvalue weighted by atomic mass is 32.2. The van der Waals surface area contributed by atoms with E-state index in [1.54, 1.807) is 7.05 Å². The van der Waals surface area contributed by atoms with E-state index in [4.69, 9.17) is 5.11 Å². The highest BCUT2D eigenvalue weighted by Gasteiger charge is 2.04. The Morgan fingerprint density at radius 2 is 2.16 bits per heavy atom. The molecule has 2 aromatic rings. The van der Waals surface area contributed by atoms with Crippen molar-refractivity contribution in [3.8, 4) is 11.8 Å². The van der Waals surface area contributed by atoms with Gasteiger partial charge in [0.15, 0.2) is 5.16 Å². The summed E-state index contributed by atoms with van der Waals surface area (Å²) < 4.78 is 1.48. The smallest absolute Gasteiger partial charge is 0.343 e. The molecule has 0 atom stereocenters. The number of aromatic amines is 1. The molecule has 0 aliphatic rings. The molecule has 0 amide bonds. The van der Waals surface area contributed by atoms with Crippen LogP contribution in [0, 0.1) is 11.8 Å². The minimum absolute atomic E-state index is 0.134. The molecule has 0 aliphatic heterocycles. The lowest BCUT2D eigenvalue weighted by atomic mass is 10.1. The lowest BCUT2D eigenvalue weighted by Crippen LogP contribution is -2.12. The summed E-state index contributed by atoms with van der Waals surface area (Å²) in [6, 6.07) is 7.75. The Bertz CT molecular complexity index is 662. The first-order valence-corrected chi connectivity index (χ1v) is 6.62. The number of benzene rings is 1. The summed E-state index contributed by atoms with van der Waals surface area (Å²) in [6.45, 7) is -0.134. The van der Waals surface area contributed by atoms with Crippen molar-refractivity contribution in [3.05, 3.63) is 45.9 Å². The van der Waals surface area contributed by atoms with E-state index in [0.29, 0.717) is 5.16 Å². The molecule has 1 aromatic heterocycles. The van der Waals surface area contributed by atoms with Crippen LogP contribution in [0.5, 0.6) is 0 Å². The molecule has 0 aliphatic carbocycles. The number of rotatable bonds is 3. The fourth-order valence-corrected chi connectivity index (χ4v) is 2.31. The topological polar surface area (TPSA) is 70.9 Å². The average molecular weight is 275 g/mol. The van der Waals surface area contributed by atoms with Gasteiger partial charge in [-0.1, -0.05) is 35.7 Å². The Balaban J connectivity index is 2.00. The number of aliphatic hydroxyl groups is 1. The molecule has 0 spiro atoms. The lowest BCUT2D eigenvalue weighted by Gasteiger charge is -2.01. The maximum atomic E-state index is 11.2.